The molecule has 192 valence electrons. The number of hydrogen-bond donors (Lipinski definition) is 1. The van der Waals surface area contributed by atoms with Crippen LogP contribution in [0.4, 0.5) is 5.69 Å². The van der Waals surface area contributed by atoms with Crippen LogP contribution in [-0.4, -0.2) is 34.3 Å². The van der Waals surface area contributed by atoms with Crippen molar-refractivity contribution in [2.24, 2.45) is 5.41 Å². The molecule has 3 heterocycles. The van der Waals surface area contributed by atoms with Crippen LogP contribution in [-0.2, 0) is 0 Å². The van der Waals surface area contributed by atoms with Crippen molar-refractivity contribution in [2.45, 2.75) is 51.4 Å². The van der Waals surface area contributed by atoms with Crippen molar-refractivity contribution in [1.82, 2.24) is 10.1 Å². The Balaban J connectivity index is 1.06. The van der Waals surface area contributed by atoms with Gasteiger partial charge in [-0.15, -0.1) is 0 Å². The van der Waals surface area contributed by atoms with E-state index >= 15 is 0 Å². The molecule has 38 heavy (non-hydrogen) atoms. The number of fused-ring (bicyclic) bond motifs is 1. The van der Waals surface area contributed by atoms with E-state index in [0.717, 1.165) is 48.3 Å². The van der Waals surface area contributed by atoms with Gasteiger partial charge >= 0.3 is 5.97 Å². The van der Waals surface area contributed by atoms with E-state index < -0.39 is 5.97 Å². The first kappa shape index (κ1) is 23.2. The minimum atomic E-state index is -0.995. The summed E-state index contributed by atoms with van der Waals surface area (Å²) in [6.45, 7) is 4.21. The zero-order valence-corrected chi connectivity index (χ0v) is 21.6. The second-order valence-electron chi connectivity index (χ2n) is 11.4. The number of allylic oxidation sites excluding steroid dienone is 1. The van der Waals surface area contributed by atoms with Gasteiger partial charge in [-0.2, -0.15) is 0 Å². The molecule has 0 atom stereocenters. The van der Waals surface area contributed by atoms with Crippen LogP contribution < -0.4 is 4.90 Å². The molecule has 1 saturated heterocycles. The van der Waals surface area contributed by atoms with Gasteiger partial charge in [0.1, 0.15) is 17.1 Å². The topological polar surface area (TPSA) is 79.5 Å². The van der Waals surface area contributed by atoms with Gasteiger partial charge in [-0.05, 0) is 86.8 Å². The first-order valence-corrected chi connectivity index (χ1v) is 13.6. The van der Waals surface area contributed by atoms with Crippen LogP contribution in [0.1, 0.15) is 71.8 Å². The van der Waals surface area contributed by atoms with Crippen molar-refractivity contribution in [1.29, 1.82) is 0 Å². The van der Waals surface area contributed by atoms with Crippen LogP contribution >= 0.6 is 0 Å². The number of aromatic carboxylic acids is 1. The second-order valence-corrected chi connectivity index (χ2v) is 11.4. The number of hydrogen-bond acceptors (Lipinski definition) is 5. The standard InChI is InChI=1S/C32H31N3O3/c1-20-4-2-3-5-25(20)29-26(30(38-34-29)22-6-7-22)16-21-18-32(19-21)12-14-35(15-13-32)24-9-11-27-23(17-24)8-10-28(33-27)31(36)37/h2-5,8-11,16-17,22H,6-7,12-15,18-19H2,1H3,(H,36,37). The lowest BCUT2D eigenvalue weighted by molar-refractivity contribution is 0.0691. The fraction of sp³-hybridized carbons (Fsp3) is 0.344. The highest BCUT2D eigenvalue weighted by Crippen LogP contribution is 2.54. The quantitative estimate of drug-likeness (QED) is 0.308. The van der Waals surface area contributed by atoms with E-state index in [-0.39, 0.29) is 5.69 Å². The lowest BCUT2D eigenvalue weighted by Gasteiger charge is -2.50. The maximum Gasteiger partial charge on any atom is 0.354 e. The van der Waals surface area contributed by atoms with E-state index in [9.17, 15) is 9.90 Å². The van der Waals surface area contributed by atoms with E-state index in [4.69, 9.17) is 4.52 Å². The Hall–Kier alpha value is -3.93. The number of nitrogens with zero attached hydrogens (tertiary/aromatic N) is 3. The molecule has 2 aliphatic carbocycles. The number of carboxylic acids is 1. The Morgan fingerprint density at radius 1 is 1.08 bits per heavy atom. The molecular weight excluding hydrogens is 474 g/mol. The average molecular weight is 506 g/mol. The number of aromatic nitrogens is 2. The number of rotatable bonds is 5. The number of piperidine rings is 1. The largest absolute Gasteiger partial charge is 0.477 e. The van der Waals surface area contributed by atoms with Crippen LogP contribution in [0.5, 0.6) is 0 Å². The van der Waals surface area contributed by atoms with Crippen molar-refractivity contribution in [3.05, 3.63) is 82.8 Å². The summed E-state index contributed by atoms with van der Waals surface area (Å²) in [7, 11) is 0. The SMILES string of the molecule is Cc1ccccc1-c1noc(C2CC2)c1C=C1CC2(CCN(c3ccc4nc(C(=O)O)ccc4c3)CC2)C1. The maximum absolute atomic E-state index is 11.2. The number of pyridine rings is 1. The van der Waals surface area contributed by atoms with Crippen molar-refractivity contribution < 1.29 is 14.4 Å². The van der Waals surface area contributed by atoms with Crippen LogP contribution in [0.25, 0.3) is 28.2 Å². The Morgan fingerprint density at radius 2 is 1.87 bits per heavy atom. The third-order valence-corrected chi connectivity index (χ3v) is 8.74. The highest BCUT2D eigenvalue weighted by Gasteiger charge is 2.43. The highest BCUT2D eigenvalue weighted by atomic mass is 16.5. The Morgan fingerprint density at radius 3 is 2.61 bits per heavy atom. The van der Waals surface area contributed by atoms with Gasteiger partial charge in [-0.3, -0.25) is 0 Å². The monoisotopic (exact) mass is 505 g/mol. The third-order valence-electron chi connectivity index (χ3n) is 8.74. The molecule has 4 aromatic rings. The molecule has 2 aromatic carbocycles. The first-order chi connectivity index (χ1) is 18.5. The Labute approximate surface area is 222 Å². The van der Waals surface area contributed by atoms with E-state index in [2.05, 4.69) is 64.4 Å². The molecule has 0 radical (unpaired) electrons. The van der Waals surface area contributed by atoms with Gasteiger partial charge in [-0.25, -0.2) is 9.78 Å². The second kappa shape index (κ2) is 8.83. The van der Waals surface area contributed by atoms with Crippen molar-refractivity contribution in [3.63, 3.8) is 0 Å². The molecule has 0 unspecified atom stereocenters. The molecule has 7 rings (SSSR count). The van der Waals surface area contributed by atoms with Gasteiger partial charge in [0.2, 0.25) is 0 Å². The predicted molar refractivity (Wildman–Crippen MR) is 148 cm³/mol. The summed E-state index contributed by atoms with van der Waals surface area (Å²) < 4.78 is 5.91. The van der Waals surface area contributed by atoms with Crippen LogP contribution in [0.15, 0.2) is 64.7 Å². The molecule has 1 spiro atoms. The van der Waals surface area contributed by atoms with Crippen LogP contribution in [0, 0.1) is 12.3 Å². The number of carboxylic acid groups (broad SMARTS) is 1. The Bertz CT molecular complexity index is 1580. The lowest BCUT2D eigenvalue weighted by atomic mass is 9.60. The molecule has 0 amide bonds. The molecule has 2 saturated carbocycles. The summed E-state index contributed by atoms with van der Waals surface area (Å²) in [5, 5.41) is 14.7. The minimum absolute atomic E-state index is 0.0838. The molecule has 6 nitrogen and oxygen atoms in total. The zero-order chi connectivity index (χ0) is 25.9. The Kier molecular flexibility index (Phi) is 5.39. The average Bonchev–Trinajstić information content (AvgIpc) is 3.68. The summed E-state index contributed by atoms with van der Waals surface area (Å²) >= 11 is 0. The molecular formula is C32H31N3O3. The van der Waals surface area contributed by atoms with Gasteiger partial charge in [0, 0.05) is 41.2 Å². The fourth-order valence-electron chi connectivity index (χ4n) is 6.36. The molecule has 2 aromatic heterocycles. The smallest absolute Gasteiger partial charge is 0.354 e. The van der Waals surface area contributed by atoms with E-state index in [1.807, 2.05) is 12.1 Å². The van der Waals surface area contributed by atoms with Crippen molar-refractivity contribution in [3.8, 4) is 11.3 Å². The van der Waals surface area contributed by atoms with Gasteiger partial charge < -0.3 is 14.5 Å². The van der Waals surface area contributed by atoms with Gasteiger partial charge in [-0.1, -0.05) is 41.1 Å². The minimum Gasteiger partial charge on any atom is -0.477 e. The van der Waals surface area contributed by atoms with E-state index in [0.29, 0.717) is 11.3 Å². The summed E-state index contributed by atoms with van der Waals surface area (Å²) in [5.41, 5.74) is 8.51. The molecule has 3 fully saturated rings. The number of anilines is 1. The number of benzene rings is 2. The number of aryl methyl sites for hydroxylation is 1. The summed E-state index contributed by atoms with van der Waals surface area (Å²) in [4.78, 5) is 17.9. The summed E-state index contributed by atoms with van der Waals surface area (Å²) in [6.07, 6.45) is 9.47. The third kappa shape index (κ3) is 4.08. The van der Waals surface area contributed by atoms with Crippen molar-refractivity contribution in [2.75, 3.05) is 18.0 Å². The van der Waals surface area contributed by atoms with E-state index in [1.54, 1.807) is 6.07 Å². The van der Waals surface area contributed by atoms with Crippen molar-refractivity contribution >= 4 is 28.6 Å². The lowest BCUT2D eigenvalue weighted by Crippen LogP contribution is -2.44. The van der Waals surface area contributed by atoms with Crippen LogP contribution in [0.3, 0.4) is 0 Å². The molecule has 0 bridgehead atoms. The summed E-state index contributed by atoms with van der Waals surface area (Å²) in [6, 6.07) is 18.0. The fourth-order valence-corrected chi connectivity index (χ4v) is 6.36. The molecule has 1 aliphatic heterocycles. The maximum atomic E-state index is 11.2. The van der Waals surface area contributed by atoms with E-state index in [1.165, 1.54) is 53.6 Å². The van der Waals surface area contributed by atoms with Gasteiger partial charge in [0.05, 0.1) is 5.52 Å². The number of carbonyl (C=O) groups is 1. The first-order valence-electron chi connectivity index (χ1n) is 13.6. The molecule has 3 aliphatic rings. The van der Waals surface area contributed by atoms with Crippen LogP contribution in [0.2, 0.25) is 0 Å². The summed E-state index contributed by atoms with van der Waals surface area (Å²) in [5.74, 6) is 0.607. The van der Waals surface area contributed by atoms with Gasteiger partial charge in [0.25, 0.3) is 0 Å². The predicted octanol–water partition coefficient (Wildman–Crippen LogP) is 7.24. The molecule has 1 N–H and O–H groups in total. The molecule has 6 heteroatoms. The normalized spacial score (nSPS) is 18.6. The zero-order valence-electron chi connectivity index (χ0n) is 21.6. The van der Waals surface area contributed by atoms with Gasteiger partial charge in [0.15, 0.2) is 0 Å². The highest BCUT2D eigenvalue weighted by molar-refractivity contribution is 5.90.